The van der Waals surface area contributed by atoms with Crippen LogP contribution in [0.2, 0.25) is 0 Å². The average Bonchev–Trinajstić information content (AvgIpc) is 2.69. The molecule has 0 saturated heterocycles. The van der Waals surface area contributed by atoms with E-state index in [1.165, 1.54) is 76.3 Å². The first-order valence-electron chi connectivity index (χ1n) is 10.7. The summed E-state index contributed by atoms with van der Waals surface area (Å²) in [5.74, 6) is 2.81. The van der Waals surface area contributed by atoms with Crippen molar-refractivity contribution >= 4 is 26.0 Å². The zero-order valence-electron chi connectivity index (χ0n) is 17.2. The molecule has 0 fully saturated rings. The summed E-state index contributed by atoms with van der Waals surface area (Å²) >= 11 is 3.06. The summed E-state index contributed by atoms with van der Waals surface area (Å²) < 4.78 is 30.0. The fraction of sp³-hybridized carbons (Fsp3) is 0.652. The maximum Gasteiger partial charge on any atom is 0.298 e. The van der Waals surface area contributed by atoms with Gasteiger partial charge in [0.25, 0.3) is 10.1 Å². The third kappa shape index (κ3) is 11.9. The van der Waals surface area contributed by atoms with Crippen LogP contribution in [-0.2, 0) is 14.3 Å². The van der Waals surface area contributed by atoms with Gasteiger partial charge in [-0.3, -0.25) is 0 Å². The van der Waals surface area contributed by atoms with E-state index in [1.807, 2.05) is 0 Å². The van der Waals surface area contributed by atoms with Crippen molar-refractivity contribution in [2.24, 2.45) is 0 Å². The third-order valence-electron chi connectivity index (χ3n) is 4.81. The van der Waals surface area contributed by atoms with Crippen LogP contribution in [0.3, 0.4) is 0 Å². The minimum atomic E-state index is -3.77. The van der Waals surface area contributed by atoms with E-state index >= 15 is 0 Å². The molecule has 0 aliphatic rings. The quantitative estimate of drug-likeness (QED) is 0.145. The SMILES string of the molecule is CCCCCCCCCCCCCCC(C#CBr)OS(=O)(=O)c1ccccc1. The molecule has 0 heterocycles. The molecular formula is C23H35BrO3S. The van der Waals surface area contributed by atoms with Crippen molar-refractivity contribution in [2.45, 2.75) is 101 Å². The molecule has 3 nitrogen and oxygen atoms in total. The Labute approximate surface area is 180 Å². The van der Waals surface area contributed by atoms with E-state index in [4.69, 9.17) is 4.18 Å². The van der Waals surface area contributed by atoms with E-state index in [-0.39, 0.29) is 4.90 Å². The number of benzene rings is 1. The molecule has 0 bridgehead atoms. The molecule has 0 amide bonds. The van der Waals surface area contributed by atoms with Crippen molar-refractivity contribution < 1.29 is 12.6 Å². The lowest BCUT2D eigenvalue weighted by Gasteiger charge is -2.12. The molecule has 0 aliphatic carbocycles. The van der Waals surface area contributed by atoms with Crippen LogP contribution < -0.4 is 0 Å². The van der Waals surface area contributed by atoms with Crippen LogP contribution in [0.15, 0.2) is 35.2 Å². The van der Waals surface area contributed by atoms with E-state index < -0.39 is 16.2 Å². The summed E-state index contributed by atoms with van der Waals surface area (Å²) in [7, 11) is -3.77. The highest BCUT2D eigenvalue weighted by Crippen LogP contribution is 2.18. The lowest BCUT2D eigenvalue weighted by molar-refractivity contribution is 0.248. The van der Waals surface area contributed by atoms with Crippen LogP contribution in [-0.4, -0.2) is 14.5 Å². The van der Waals surface area contributed by atoms with Crippen molar-refractivity contribution in [1.82, 2.24) is 0 Å². The van der Waals surface area contributed by atoms with Gasteiger partial charge in [0.2, 0.25) is 0 Å². The van der Waals surface area contributed by atoms with Gasteiger partial charge in [-0.25, -0.2) is 4.18 Å². The van der Waals surface area contributed by atoms with Gasteiger partial charge in [-0.1, -0.05) is 102 Å². The van der Waals surface area contributed by atoms with E-state index in [9.17, 15) is 8.42 Å². The lowest BCUT2D eigenvalue weighted by Crippen LogP contribution is -2.17. The van der Waals surface area contributed by atoms with Crippen molar-refractivity contribution in [1.29, 1.82) is 0 Å². The summed E-state index contributed by atoms with van der Waals surface area (Å²) in [5, 5.41) is 0. The average molecular weight is 472 g/mol. The second-order valence-electron chi connectivity index (χ2n) is 7.27. The molecule has 158 valence electrons. The van der Waals surface area contributed by atoms with Crippen molar-refractivity contribution in [3.63, 3.8) is 0 Å². The van der Waals surface area contributed by atoms with Gasteiger partial charge in [-0.2, -0.15) is 8.42 Å². The molecule has 1 atom stereocenters. The van der Waals surface area contributed by atoms with E-state index in [1.54, 1.807) is 18.2 Å². The predicted molar refractivity (Wildman–Crippen MR) is 121 cm³/mol. The fourth-order valence-electron chi connectivity index (χ4n) is 3.17. The monoisotopic (exact) mass is 470 g/mol. The lowest BCUT2D eigenvalue weighted by atomic mass is 10.0. The topological polar surface area (TPSA) is 43.4 Å². The van der Waals surface area contributed by atoms with Crippen LogP contribution in [0.25, 0.3) is 0 Å². The molecule has 28 heavy (non-hydrogen) atoms. The molecule has 1 unspecified atom stereocenters. The summed E-state index contributed by atoms with van der Waals surface area (Å²) in [6, 6.07) is 8.23. The molecule has 1 aromatic rings. The van der Waals surface area contributed by atoms with Gasteiger partial charge in [-0.15, -0.1) is 0 Å². The number of unbranched alkanes of at least 4 members (excludes halogenated alkanes) is 11. The Bertz CT molecular complexity index is 662. The molecule has 0 saturated carbocycles. The van der Waals surface area contributed by atoms with E-state index in [0.717, 1.165) is 12.8 Å². The maximum atomic E-state index is 12.3. The molecule has 0 spiro atoms. The van der Waals surface area contributed by atoms with Crippen LogP contribution in [0.4, 0.5) is 0 Å². The van der Waals surface area contributed by atoms with Gasteiger partial charge in [-0.05, 0) is 29.8 Å². The van der Waals surface area contributed by atoms with Crippen molar-refractivity contribution in [3.05, 3.63) is 30.3 Å². The molecule has 0 N–H and O–H groups in total. The minimum Gasteiger partial charge on any atom is -0.250 e. The number of halogens is 1. The Morgan fingerprint density at radius 2 is 1.36 bits per heavy atom. The standard InChI is InChI=1S/C23H35BrO3S/c1-2-3-4-5-6-7-8-9-10-11-12-14-17-22(20-21-24)27-28(25,26)23-18-15-13-16-19-23/h13,15-16,18-19,22H,2-12,14,17H2,1H3. The smallest absolute Gasteiger partial charge is 0.250 e. The summed E-state index contributed by atoms with van der Waals surface area (Å²) in [6.07, 6.45) is 15.3. The summed E-state index contributed by atoms with van der Waals surface area (Å²) in [6.45, 7) is 2.25. The van der Waals surface area contributed by atoms with Crippen LogP contribution in [0.1, 0.15) is 90.4 Å². The zero-order valence-corrected chi connectivity index (χ0v) is 19.6. The van der Waals surface area contributed by atoms with Crippen molar-refractivity contribution in [3.8, 4) is 10.8 Å². The molecule has 1 rings (SSSR count). The number of rotatable bonds is 16. The summed E-state index contributed by atoms with van der Waals surface area (Å²) in [5.41, 5.74) is 0. The van der Waals surface area contributed by atoms with Gasteiger partial charge >= 0.3 is 0 Å². The Kier molecular flexibility index (Phi) is 14.4. The van der Waals surface area contributed by atoms with Gasteiger partial charge in [0.15, 0.2) is 0 Å². The Hall–Kier alpha value is -0.830. The highest BCUT2D eigenvalue weighted by atomic mass is 79.9. The molecule has 1 aromatic carbocycles. The van der Waals surface area contributed by atoms with Gasteiger partial charge in [0.05, 0.1) is 4.90 Å². The van der Waals surface area contributed by atoms with Crippen molar-refractivity contribution in [2.75, 3.05) is 0 Å². The largest absolute Gasteiger partial charge is 0.298 e. The van der Waals surface area contributed by atoms with E-state index in [2.05, 4.69) is 33.6 Å². The molecular weight excluding hydrogens is 436 g/mol. The van der Waals surface area contributed by atoms with Gasteiger partial charge in [0.1, 0.15) is 6.10 Å². The first-order valence-corrected chi connectivity index (χ1v) is 12.9. The maximum absolute atomic E-state index is 12.3. The summed E-state index contributed by atoms with van der Waals surface area (Å²) in [4.78, 5) is 2.78. The highest BCUT2D eigenvalue weighted by Gasteiger charge is 2.20. The Morgan fingerprint density at radius 1 is 0.857 bits per heavy atom. The van der Waals surface area contributed by atoms with Crippen LogP contribution >= 0.6 is 15.9 Å². The molecule has 5 heteroatoms. The zero-order chi connectivity index (χ0) is 20.5. The number of hydrogen-bond acceptors (Lipinski definition) is 3. The minimum absolute atomic E-state index is 0.172. The Balaban J connectivity index is 2.16. The van der Waals surface area contributed by atoms with Crippen LogP contribution in [0, 0.1) is 10.8 Å². The Morgan fingerprint density at radius 3 is 1.86 bits per heavy atom. The number of hydrogen-bond donors (Lipinski definition) is 0. The fourth-order valence-corrected chi connectivity index (χ4v) is 4.48. The van der Waals surface area contributed by atoms with Crippen LogP contribution in [0.5, 0.6) is 0 Å². The predicted octanol–water partition coefficient (Wildman–Crippen LogP) is 7.21. The second kappa shape index (κ2) is 16.0. The first kappa shape index (κ1) is 25.2. The second-order valence-corrected chi connectivity index (χ2v) is 9.24. The normalized spacial score (nSPS) is 12.4. The molecule has 0 radical (unpaired) electrons. The van der Waals surface area contributed by atoms with E-state index in [0.29, 0.717) is 6.42 Å². The van der Waals surface area contributed by atoms with Gasteiger partial charge in [0, 0.05) is 15.9 Å². The van der Waals surface area contributed by atoms with Gasteiger partial charge < -0.3 is 0 Å². The first-order chi connectivity index (χ1) is 13.6. The molecule has 0 aliphatic heterocycles. The third-order valence-corrected chi connectivity index (χ3v) is 6.37. The highest BCUT2D eigenvalue weighted by molar-refractivity contribution is 9.12. The molecule has 0 aromatic heterocycles.